The highest BCUT2D eigenvalue weighted by atomic mass is 19.4. The van der Waals surface area contributed by atoms with Gasteiger partial charge in [0.15, 0.2) is 0 Å². The Labute approximate surface area is 168 Å². The molecule has 4 aromatic rings. The lowest BCUT2D eigenvalue weighted by atomic mass is 10.1. The van der Waals surface area contributed by atoms with E-state index in [0.29, 0.717) is 5.69 Å². The quantitative estimate of drug-likeness (QED) is 0.545. The number of tetrazole rings is 1. The summed E-state index contributed by atoms with van der Waals surface area (Å²) in [6.07, 6.45) is -2.82. The third kappa shape index (κ3) is 3.84. The second-order valence-corrected chi connectivity index (χ2v) is 6.55. The molecule has 0 aliphatic heterocycles. The molecular formula is C20H15F3N6O. The van der Waals surface area contributed by atoms with Crippen LogP contribution in [0.1, 0.15) is 18.5 Å². The van der Waals surface area contributed by atoms with Gasteiger partial charge in [-0.25, -0.2) is 0 Å². The molecule has 0 bridgehead atoms. The number of nitrogens with one attached hydrogen (secondary N) is 1. The molecule has 0 radical (unpaired) electrons. The van der Waals surface area contributed by atoms with Gasteiger partial charge >= 0.3 is 6.18 Å². The van der Waals surface area contributed by atoms with Gasteiger partial charge in [-0.3, -0.25) is 9.78 Å². The number of amides is 1. The van der Waals surface area contributed by atoms with Gasteiger partial charge < -0.3 is 5.32 Å². The maximum atomic E-state index is 12.9. The molecule has 2 heterocycles. The van der Waals surface area contributed by atoms with Crippen molar-refractivity contribution in [3.05, 3.63) is 66.4 Å². The minimum absolute atomic E-state index is 0.00453. The molecule has 0 aliphatic rings. The van der Waals surface area contributed by atoms with Crippen molar-refractivity contribution in [2.45, 2.75) is 19.1 Å². The molecule has 1 N–H and O–H groups in total. The minimum atomic E-state index is -4.48. The molecule has 0 saturated carbocycles. The zero-order valence-corrected chi connectivity index (χ0v) is 15.6. The van der Waals surface area contributed by atoms with Crippen LogP contribution in [0.2, 0.25) is 0 Å². The SMILES string of the molecule is CC(C(=O)Nc1cccc2ncccc12)n1nnc(-c2cccc(C(F)(F)F)c2)n1. The van der Waals surface area contributed by atoms with Crippen molar-refractivity contribution < 1.29 is 18.0 Å². The predicted octanol–water partition coefficient (Wildman–Crippen LogP) is 4.11. The maximum absolute atomic E-state index is 12.9. The van der Waals surface area contributed by atoms with E-state index in [-0.39, 0.29) is 11.4 Å². The Hall–Kier alpha value is -3.82. The number of hydrogen-bond donors (Lipinski definition) is 1. The fourth-order valence-electron chi connectivity index (χ4n) is 2.89. The maximum Gasteiger partial charge on any atom is 0.416 e. The minimum Gasteiger partial charge on any atom is -0.324 e. The first-order chi connectivity index (χ1) is 14.3. The number of carbonyl (C=O) groups excluding carboxylic acids is 1. The van der Waals surface area contributed by atoms with E-state index in [0.717, 1.165) is 27.8 Å². The van der Waals surface area contributed by atoms with Gasteiger partial charge in [0.1, 0.15) is 6.04 Å². The second-order valence-electron chi connectivity index (χ2n) is 6.55. The summed E-state index contributed by atoms with van der Waals surface area (Å²) in [5.74, 6) is -0.408. The molecule has 152 valence electrons. The van der Waals surface area contributed by atoms with Crippen molar-refractivity contribution >= 4 is 22.5 Å². The van der Waals surface area contributed by atoms with Gasteiger partial charge in [0.2, 0.25) is 5.82 Å². The zero-order valence-electron chi connectivity index (χ0n) is 15.6. The molecule has 1 amide bonds. The molecule has 0 spiro atoms. The lowest BCUT2D eigenvalue weighted by molar-refractivity contribution is -0.137. The van der Waals surface area contributed by atoms with Crippen LogP contribution in [-0.2, 0) is 11.0 Å². The molecular weight excluding hydrogens is 397 g/mol. The second kappa shape index (κ2) is 7.54. The van der Waals surface area contributed by atoms with Crippen LogP contribution in [0.25, 0.3) is 22.3 Å². The van der Waals surface area contributed by atoms with E-state index in [2.05, 4.69) is 25.7 Å². The van der Waals surface area contributed by atoms with Crippen LogP contribution in [0, 0.1) is 0 Å². The first kappa shape index (κ1) is 19.5. The molecule has 30 heavy (non-hydrogen) atoms. The molecule has 2 aromatic carbocycles. The molecule has 10 heteroatoms. The number of anilines is 1. The van der Waals surface area contributed by atoms with Crippen molar-refractivity contribution in [1.29, 1.82) is 0 Å². The average Bonchev–Trinajstić information content (AvgIpc) is 3.23. The van der Waals surface area contributed by atoms with Crippen LogP contribution in [-0.4, -0.2) is 31.1 Å². The van der Waals surface area contributed by atoms with Gasteiger partial charge in [-0.05, 0) is 48.5 Å². The van der Waals surface area contributed by atoms with Crippen molar-refractivity contribution in [3.8, 4) is 11.4 Å². The number of alkyl halides is 3. The number of carbonyl (C=O) groups is 1. The Morgan fingerprint density at radius 2 is 1.90 bits per heavy atom. The summed E-state index contributed by atoms with van der Waals surface area (Å²) in [6, 6.07) is 12.7. The molecule has 4 rings (SSSR count). The Balaban J connectivity index is 1.55. The van der Waals surface area contributed by atoms with E-state index in [1.807, 2.05) is 12.1 Å². The third-order valence-corrected chi connectivity index (χ3v) is 4.51. The van der Waals surface area contributed by atoms with Crippen LogP contribution < -0.4 is 5.32 Å². The van der Waals surface area contributed by atoms with Crippen LogP contribution in [0.5, 0.6) is 0 Å². The highest BCUT2D eigenvalue weighted by Gasteiger charge is 2.31. The molecule has 0 aliphatic carbocycles. The summed E-state index contributed by atoms with van der Waals surface area (Å²) in [6.45, 7) is 1.57. The van der Waals surface area contributed by atoms with Gasteiger partial charge in [0.25, 0.3) is 5.91 Å². The van der Waals surface area contributed by atoms with Gasteiger partial charge in [-0.1, -0.05) is 18.2 Å². The molecule has 0 saturated heterocycles. The van der Waals surface area contributed by atoms with Crippen LogP contribution in [0.3, 0.4) is 0 Å². The van der Waals surface area contributed by atoms with Gasteiger partial charge in [0.05, 0.1) is 16.8 Å². The number of nitrogens with zero attached hydrogens (tertiary/aromatic N) is 5. The van der Waals surface area contributed by atoms with Gasteiger partial charge in [-0.15, -0.1) is 10.2 Å². The van der Waals surface area contributed by atoms with Gasteiger partial charge in [-0.2, -0.15) is 18.0 Å². The van der Waals surface area contributed by atoms with Crippen LogP contribution >= 0.6 is 0 Å². The Bertz CT molecular complexity index is 1220. The smallest absolute Gasteiger partial charge is 0.324 e. The molecule has 1 unspecified atom stereocenters. The standard InChI is InChI=1S/C20H15F3N6O/c1-12(19(30)25-17-9-3-8-16-15(17)7-4-10-24-16)29-27-18(26-28-29)13-5-2-6-14(11-13)20(21,22)23/h2-12H,1H3,(H,25,30). The Kier molecular flexibility index (Phi) is 4.90. The number of rotatable bonds is 4. The summed E-state index contributed by atoms with van der Waals surface area (Å²) in [5, 5.41) is 15.3. The molecule has 2 aromatic heterocycles. The van der Waals surface area contributed by atoms with E-state index in [4.69, 9.17) is 0 Å². The summed E-state index contributed by atoms with van der Waals surface area (Å²) in [7, 11) is 0. The predicted molar refractivity (Wildman–Crippen MR) is 103 cm³/mol. The van der Waals surface area contributed by atoms with Crippen molar-refractivity contribution in [3.63, 3.8) is 0 Å². The molecule has 1 atom stereocenters. The highest BCUT2D eigenvalue weighted by Crippen LogP contribution is 2.31. The van der Waals surface area contributed by atoms with E-state index < -0.39 is 23.7 Å². The first-order valence-corrected chi connectivity index (χ1v) is 8.95. The number of halogens is 3. The number of pyridine rings is 1. The largest absolute Gasteiger partial charge is 0.416 e. The van der Waals surface area contributed by atoms with Gasteiger partial charge in [0, 0.05) is 17.1 Å². The topological polar surface area (TPSA) is 85.6 Å². The number of benzene rings is 2. The molecule has 7 nitrogen and oxygen atoms in total. The average molecular weight is 412 g/mol. The fraction of sp³-hybridized carbons (Fsp3) is 0.150. The number of aromatic nitrogens is 5. The summed E-state index contributed by atoms with van der Waals surface area (Å²) < 4.78 is 38.8. The van der Waals surface area contributed by atoms with Crippen LogP contribution in [0.15, 0.2) is 60.8 Å². The lowest BCUT2D eigenvalue weighted by Crippen LogP contribution is -2.25. The Morgan fingerprint density at radius 3 is 2.70 bits per heavy atom. The van der Waals surface area contributed by atoms with E-state index >= 15 is 0 Å². The zero-order chi connectivity index (χ0) is 21.3. The highest BCUT2D eigenvalue weighted by molar-refractivity contribution is 6.02. The van der Waals surface area contributed by atoms with E-state index in [1.54, 1.807) is 31.3 Å². The van der Waals surface area contributed by atoms with E-state index in [9.17, 15) is 18.0 Å². The summed E-state index contributed by atoms with van der Waals surface area (Å²) >= 11 is 0. The lowest BCUT2D eigenvalue weighted by Gasteiger charge is -2.12. The number of fused-ring (bicyclic) bond motifs is 1. The summed E-state index contributed by atoms with van der Waals surface area (Å²) in [5.41, 5.74) is 0.653. The van der Waals surface area contributed by atoms with Crippen molar-refractivity contribution in [2.75, 3.05) is 5.32 Å². The molecule has 0 fully saturated rings. The number of hydrogen-bond acceptors (Lipinski definition) is 5. The first-order valence-electron chi connectivity index (χ1n) is 8.95. The Morgan fingerprint density at radius 1 is 1.10 bits per heavy atom. The normalized spacial score (nSPS) is 12.7. The monoisotopic (exact) mass is 412 g/mol. The van der Waals surface area contributed by atoms with Crippen molar-refractivity contribution in [2.24, 2.45) is 0 Å². The third-order valence-electron chi connectivity index (χ3n) is 4.51. The van der Waals surface area contributed by atoms with E-state index in [1.165, 1.54) is 12.1 Å². The fourth-order valence-corrected chi connectivity index (χ4v) is 2.89. The van der Waals surface area contributed by atoms with Crippen molar-refractivity contribution in [1.82, 2.24) is 25.2 Å². The summed E-state index contributed by atoms with van der Waals surface area (Å²) in [4.78, 5) is 18.0. The van der Waals surface area contributed by atoms with Crippen LogP contribution in [0.4, 0.5) is 18.9 Å².